The molecule has 1 unspecified atom stereocenters. The average Bonchev–Trinajstić information content (AvgIpc) is 2.53. The molecule has 2 amide bonds. The number of carbonyl (C=O) groups is 2. The number of nitrogens with one attached hydrogen (secondary N) is 1. The topological polar surface area (TPSA) is 119 Å². The van der Waals surface area contributed by atoms with E-state index in [2.05, 4.69) is 15.3 Å². The molecule has 1 saturated heterocycles. The van der Waals surface area contributed by atoms with Crippen molar-refractivity contribution in [1.82, 2.24) is 20.2 Å². The molecule has 0 aromatic carbocycles. The fourth-order valence-corrected chi connectivity index (χ4v) is 1.99. The van der Waals surface area contributed by atoms with Gasteiger partial charge in [0.2, 0.25) is 5.95 Å². The Morgan fingerprint density at radius 3 is 2.38 bits per heavy atom. The van der Waals surface area contributed by atoms with Crippen molar-refractivity contribution in [2.75, 3.05) is 37.7 Å². The Morgan fingerprint density at radius 1 is 1.24 bits per heavy atom. The van der Waals surface area contributed by atoms with Gasteiger partial charge in [-0.15, -0.1) is 0 Å². The Labute approximate surface area is 121 Å². The maximum atomic E-state index is 11.9. The fraction of sp³-hybridized carbons (Fsp3) is 0.500. The number of carbonyl (C=O) groups excluding carboxylic acids is 1. The molecule has 1 aromatic rings. The number of anilines is 1. The maximum absolute atomic E-state index is 11.9. The van der Waals surface area contributed by atoms with E-state index < -0.39 is 24.6 Å². The monoisotopic (exact) mass is 295 g/mol. The van der Waals surface area contributed by atoms with Crippen molar-refractivity contribution >= 4 is 17.9 Å². The zero-order chi connectivity index (χ0) is 15.2. The Kier molecular flexibility index (Phi) is 4.88. The van der Waals surface area contributed by atoms with E-state index >= 15 is 0 Å². The minimum atomic E-state index is -1.28. The number of hydrogen-bond acceptors (Lipinski definition) is 6. The van der Waals surface area contributed by atoms with E-state index in [1.807, 2.05) is 4.90 Å². The Bertz CT molecular complexity index is 490. The maximum Gasteiger partial charge on any atom is 0.328 e. The van der Waals surface area contributed by atoms with E-state index in [-0.39, 0.29) is 0 Å². The first kappa shape index (κ1) is 15.0. The summed E-state index contributed by atoms with van der Waals surface area (Å²) in [6.45, 7) is 1.35. The van der Waals surface area contributed by atoms with Crippen molar-refractivity contribution in [1.29, 1.82) is 0 Å². The van der Waals surface area contributed by atoms with Crippen LogP contribution in [0.4, 0.5) is 10.7 Å². The molecule has 3 N–H and O–H groups in total. The van der Waals surface area contributed by atoms with Crippen molar-refractivity contribution in [3.8, 4) is 0 Å². The summed E-state index contributed by atoms with van der Waals surface area (Å²) in [7, 11) is 0. The molecule has 0 saturated carbocycles. The van der Waals surface area contributed by atoms with Crippen LogP contribution < -0.4 is 10.2 Å². The Balaban J connectivity index is 1.86. The number of rotatable bonds is 4. The largest absolute Gasteiger partial charge is 0.480 e. The molecule has 1 atom stereocenters. The lowest BCUT2D eigenvalue weighted by Gasteiger charge is -2.35. The van der Waals surface area contributed by atoms with Crippen molar-refractivity contribution in [2.45, 2.75) is 6.04 Å². The van der Waals surface area contributed by atoms with Crippen LogP contribution in [0.25, 0.3) is 0 Å². The van der Waals surface area contributed by atoms with Crippen LogP contribution in [-0.4, -0.2) is 75.9 Å². The van der Waals surface area contributed by atoms with E-state index in [1.165, 1.54) is 4.90 Å². The van der Waals surface area contributed by atoms with Crippen LogP contribution in [-0.2, 0) is 4.79 Å². The van der Waals surface area contributed by atoms with Gasteiger partial charge in [-0.25, -0.2) is 19.6 Å². The lowest BCUT2D eigenvalue weighted by atomic mass is 10.3. The van der Waals surface area contributed by atoms with Gasteiger partial charge in [-0.05, 0) is 6.07 Å². The summed E-state index contributed by atoms with van der Waals surface area (Å²) >= 11 is 0. The Hall–Kier alpha value is -2.42. The molecule has 9 heteroatoms. The third-order valence-electron chi connectivity index (χ3n) is 3.18. The smallest absolute Gasteiger partial charge is 0.328 e. The third-order valence-corrected chi connectivity index (χ3v) is 3.18. The summed E-state index contributed by atoms with van der Waals surface area (Å²) in [4.78, 5) is 34.4. The van der Waals surface area contributed by atoms with Gasteiger partial charge < -0.3 is 25.3 Å². The second-order valence-electron chi connectivity index (χ2n) is 4.55. The molecule has 1 aliphatic heterocycles. The molecule has 0 bridgehead atoms. The molecule has 0 aliphatic carbocycles. The molecule has 9 nitrogen and oxygen atoms in total. The van der Waals surface area contributed by atoms with Crippen molar-refractivity contribution in [2.24, 2.45) is 0 Å². The summed E-state index contributed by atoms with van der Waals surface area (Å²) < 4.78 is 0. The second kappa shape index (κ2) is 6.84. The molecule has 1 aromatic heterocycles. The first-order valence-corrected chi connectivity index (χ1v) is 6.53. The number of amides is 2. The fourth-order valence-electron chi connectivity index (χ4n) is 1.99. The van der Waals surface area contributed by atoms with E-state index in [0.29, 0.717) is 32.1 Å². The van der Waals surface area contributed by atoms with Gasteiger partial charge in [0.05, 0.1) is 6.61 Å². The Morgan fingerprint density at radius 2 is 1.86 bits per heavy atom. The van der Waals surface area contributed by atoms with Crippen LogP contribution in [0.2, 0.25) is 0 Å². The highest BCUT2D eigenvalue weighted by Gasteiger charge is 2.26. The second-order valence-corrected chi connectivity index (χ2v) is 4.55. The van der Waals surface area contributed by atoms with Crippen LogP contribution in [0, 0.1) is 0 Å². The van der Waals surface area contributed by atoms with Gasteiger partial charge >= 0.3 is 12.0 Å². The number of carboxylic acids is 1. The predicted octanol–water partition coefficient (Wildman–Crippen LogP) is -1.25. The molecule has 114 valence electrons. The van der Waals surface area contributed by atoms with Gasteiger partial charge in [-0.3, -0.25) is 0 Å². The summed E-state index contributed by atoms with van der Waals surface area (Å²) in [6, 6.07) is -0.0493. The third kappa shape index (κ3) is 3.78. The first-order valence-electron chi connectivity index (χ1n) is 6.53. The molecule has 21 heavy (non-hydrogen) atoms. The number of aliphatic hydroxyl groups is 1. The van der Waals surface area contributed by atoms with Crippen molar-refractivity contribution < 1.29 is 19.8 Å². The molecular formula is C12H17N5O4. The molecule has 0 spiro atoms. The molecular weight excluding hydrogens is 278 g/mol. The summed E-state index contributed by atoms with van der Waals surface area (Å²) in [5, 5.41) is 20.0. The van der Waals surface area contributed by atoms with Crippen LogP contribution in [0.5, 0.6) is 0 Å². The van der Waals surface area contributed by atoms with Gasteiger partial charge in [0.15, 0.2) is 6.04 Å². The molecule has 2 rings (SSSR count). The van der Waals surface area contributed by atoms with Gasteiger partial charge in [0.25, 0.3) is 0 Å². The first-order chi connectivity index (χ1) is 10.1. The average molecular weight is 295 g/mol. The quantitative estimate of drug-likeness (QED) is 0.635. The van der Waals surface area contributed by atoms with Crippen molar-refractivity contribution in [3.63, 3.8) is 0 Å². The van der Waals surface area contributed by atoms with Gasteiger partial charge in [-0.2, -0.15) is 0 Å². The lowest BCUT2D eigenvalue weighted by Crippen LogP contribution is -2.55. The highest BCUT2D eigenvalue weighted by molar-refractivity contribution is 5.82. The van der Waals surface area contributed by atoms with E-state index in [0.717, 1.165) is 0 Å². The standard InChI is InChI=1S/C12H17N5O4/c18-8-9(10(19)20)15-12(21)17-6-4-16(5-7-17)11-13-2-1-3-14-11/h1-3,9,18H,4-8H2,(H,15,21)(H,19,20). The highest BCUT2D eigenvalue weighted by atomic mass is 16.4. The van der Waals surface area contributed by atoms with E-state index in [1.54, 1.807) is 18.5 Å². The number of carboxylic acid groups (broad SMARTS) is 1. The number of urea groups is 1. The predicted molar refractivity (Wildman–Crippen MR) is 72.9 cm³/mol. The van der Waals surface area contributed by atoms with Crippen LogP contribution in [0.3, 0.4) is 0 Å². The number of aromatic nitrogens is 2. The molecule has 2 heterocycles. The lowest BCUT2D eigenvalue weighted by molar-refractivity contribution is -0.140. The van der Waals surface area contributed by atoms with Crippen LogP contribution in [0.15, 0.2) is 18.5 Å². The minimum Gasteiger partial charge on any atom is -0.480 e. The zero-order valence-corrected chi connectivity index (χ0v) is 11.3. The number of hydrogen-bond donors (Lipinski definition) is 3. The molecule has 1 fully saturated rings. The van der Waals surface area contributed by atoms with E-state index in [9.17, 15) is 9.59 Å². The van der Waals surface area contributed by atoms with Crippen LogP contribution in [0.1, 0.15) is 0 Å². The normalized spacial score (nSPS) is 16.4. The zero-order valence-electron chi connectivity index (χ0n) is 11.3. The summed E-state index contributed by atoms with van der Waals surface area (Å²) in [6.07, 6.45) is 3.31. The van der Waals surface area contributed by atoms with E-state index in [4.69, 9.17) is 10.2 Å². The minimum absolute atomic E-state index is 0.432. The molecule has 1 aliphatic rings. The van der Waals surface area contributed by atoms with Crippen LogP contribution >= 0.6 is 0 Å². The number of nitrogens with zero attached hydrogens (tertiary/aromatic N) is 4. The number of piperazine rings is 1. The summed E-state index contributed by atoms with van der Waals surface area (Å²) in [5.74, 6) is -0.654. The van der Waals surface area contributed by atoms with Gasteiger partial charge in [0, 0.05) is 38.6 Å². The SMILES string of the molecule is O=C(O)C(CO)NC(=O)N1CCN(c2ncccn2)CC1. The summed E-state index contributed by atoms with van der Waals surface area (Å²) in [5.41, 5.74) is 0. The van der Waals surface area contributed by atoms with Gasteiger partial charge in [0.1, 0.15) is 0 Å². The number of aliphatic carboxylic acids is 1. The molecule has 0 radical (unpaired) electrons. The highest BCUT2D eigenvalue weighted by Crippen LogP contribution is 2.09. The van der Waals surface area contributed by atoms with Crippen molar-refractivity contribution in [3.05, 3.63) is 18.5 Å². The number of aliphatic hydroxyl groups excluding tert-OH is 1. The van der Waals surface area contributed by atoms with Gasteiger partial charge in [-0.1, -0.05) is 0 Å².